The van der Waals surface area contributed by atoms with Crippen molar-refractivity contribution < 1.29 is 4.74 Å². The average molecular weight is 203 g/mol. The van der Waals surface area contributed by atoms with Gasteiger partial charge in [0.2, 0.25) is 0 Å². The Morgan fingerprint density at radius 3 is 2.93 bits per heavy atom. The molecule has 2 aliphatic rings. The van der Waals surface area contributed by atoms with Gasteiger partial charge in [-0.1, -0.05) is 12.1 Å². The first kappa shape index (κ1) is 9.22. The summed E-state index contributed by atoms with van der Waals surface area (Å²) >= 11 is 0. The third-order valence-corrected chi connectivity index (χ3v) is 3.22. The smallest absolute Gasteiger partial charge is 0.124 e. The maximum Gasteiger partial charge on any atom is 0.124 e. The molecular weight excluding hydrogens is 186 g/mol. The van der Waals surface area contributed by atoms with E-state index >= 15 is 0 Å². The predicted octanol–water partition coefficient (Wildman–Crippen LogP) is 2.57. The van der Waals surface area contributed by atoms with Crippen LogP contribution in [0.25, 0.3) is 0 Å². The molecule has 1 aliphatic carbocycles. The molecule has 1 fully saturated rings. The molecule has 0 aromatic heterocycles. The van der Waals surface area contributed by atoms with Crippen LogP contribution in [0.4, 0.5) is 0 Å². The summed E-state index contributed by atoms with van der Waals surface area (Å²) in [6, 6.07) is 7.82. The Morgan fingerprint density at radius 2 is 2.13 bits per heavy atom. The number of nitrogens with one attached hydrogen (secondary N) is 1. The predicted molar refractivity (Wildman–Crippen MR) is 60.2 cm³/mol. The molecule has 1 saturated carbocycles. The Bertz CT molecular complexity index is 371. The van der Waals surface area contributed by atoms with Crippen LogP contribution in [-0.2, 0) is 0 Å². The quantitative estimate of drug-likeness (QED) is 0.797. The normalized spacial score (nSPS) is 24.5. The summed E-state index contributed by atoms with van der Waals surface area (Å²) in [5.74, 6) is 1.08. The van der Waals surface area contributed by atoms with Gasteiger partial charge in [0, 0.05) is 24.1 Å². The minimum absolute atomic E-state index is 0.516. The van der Waals surface area contributed by atoms with E-state index in [1.807, 2.05) is 0 Å². The number of fused-ring (bicyclic) bond motifs is 1. The monoisotopic (exact) mass is 203 g/mol. The largest absolute Gasteiger partial charge is 0.493 e. The summed E-state index contributed by atoms with van der Waals surface area (Å²) in [6.45, 7) is 2.96. The van der Waals surface area contributed by atoms with Crippen LogP contribution in [0, 0.1) is 6.92 Å². The molecule has 0 spiro atoms. The molecule has 1 heterocycles. The van der Waals surface area contributed by atoms with E-state index in [1.165, 1.54) is 24.0 Å². The van der Waals surface area contributed by atoms with Gasteiger partial charge in [0.05, 0.1) is 6.61 Å². The number of aryl methyl sites for hydroxylation is 1. The van der Waals surface area contributed by atoms with Crippen molar-refractivity contribution in [3.05, 3.63) is 29.3 Å². The molecule has 0 amide bonds. The van der Waals surface area contributed by atoms with Crippen LogP contribution in [0.3, 0.4) is 0 Å². The third kappa shape index (κ3) is 1.86. The number of benzene rings is 1. The summed E-state index contributed by atoms with van der Waals surface area (Å²) in [6.07, 6.45) is 3.80. The molecule has 3 rings (SSSR count). The first-order valence-electron chi connectivity index (χ1n) is 5.82. The van der Waals surface area contributed by atoms with Gasteiger partial charge in [-0.2, -0.15) is 0 Å². The van der Waals surface area contributed by atoms with E-state index in [4.69, 9.17) is 4.74 Å². The van der Waals surface area contributed by atoms with Crippen LogP contribution >= 0.6 is 0 Å². The molecule has 0 bridgehead atoms. The molecule has 1 N–H and O–H groups in total. The summed E-state index contributed by atoms with van der Waals surface area (Å²) < 4.78 is 5.70. The van der Waals surface area contributed by atoms with Crippen LogP contribution in [0.2, 0.25) is 0 Å². The fourth-order valence-corrected chi connectivity index (χ4v) is 2.20. The van der Waals surface area contributed by atoms with Gasteiger partial charge in [0.1, 0.15) is 5.75 Å². The average Bonchev–Trinajstić information content (AvgIpc) is 3.01. The molecule has 2 heteroatoms. The Morgan fingerprint density at radius 1 is 1.27 bits per heavy atom. The van der Waals surface area contributed by atoms with E-state index in [1.54, 1.807) is 0 Å². The van der Waals surface area contributed by atoms with Crippen molar-refractivity contribution in [3.8, 4) is 5.75 Å². The highest BCUT2D eigenvalue weighted by molar-refractivity contribution is 5.40. The van der Waals surface area contributed by atoms with Gasteiger partial charge in [-0.15, -0.1) is 0 Å². The van der Waals surface area contributed by atoms with Gasteiger partial charge < -0.3 is 10.1 Å². The fraction of sp³-hybridized carbons (Fsp3) is 0.538. The van der Waals surface area contributed by atoms with Gasteiger partial charge in [0.15, 0.2) is 0 Å². The Hall–Kier alpha value is -1.02. The summed E-state index contributed by atoms with van der Waals surface area (Å²) in [7, 11) is 0. The van der Waals surface area contributed by atoms with E-state index in [-0.39, 0.29) is 0 Å². The lowest BCUT2D eigenvalue weighted by molar-refractivity contribution is 0.252. The fourth-order valence-electron chi connectivity index (χ4n) is 2.20. The molecule has 1 atom stereocenters. The molecule has 1 aromatic carbocycles. The minimum atomic E-state index is 0.516. The Labute approximate surface area is 90.6 Å². The van der Waals surface area contributed by atoms with E-state index in [9.17, 15) is 0 Å². The van der Waals surface area contributed by atoms with Crippen LogP contribution in [-0.4, -0.2) is 12.6 Å². The van der Waals surface area contributed by atoms with Gasteiger partial charge in [-0.05, 0) is 31.4 Å². The summed E-state index contributed by atoms with van der Waals surface area (Å²) in [4.78, 5) is 0. The molecule has 80 valence electrons. The van der Waals surface area contributed by atoms with E-state index in [0.29, 0.717) is 6.04 Å². The van der Waals surface area contributed by atoms with Crippen molar-refractivity contribution in [1.29, 1.82) is 0 Å². The topological polar surface area (TPSA) is 21.3 Å². The van der Waals surface area contributed by atoms with Crippen molar-refractivity contribution in [1.82, 2.24) is 5.32 Å². The molecule has 0 saturated heterocycles. The van der Waals surface area contributed by atoms with Crippen LogP contribution in [0.1, 0.15) is 36.4 Å². The molecule has 1 aliphatic heterocycles. The first-order chi connectivity index (χ1) is 7.33. The van der Waals surface area contributed by atoms with E-state index in [2.05, 4.69) is 30.4 Å². The lowest BCUT2D eigenvalue weighted by atomic mass is 9.99. The lowest BCUT2D eigenvalue weighted by Gasteiger charge is -2.27. The SMILES string of the molecule is Cc1ccc2c(c1)OCCC2NC1CC1. The number of hydrogen-bond donors (Lipinski definition) is 1. The molecule has 1 unspecified atom stereocenters. The van der Waals surface area contributed by atoms with Crippen molar-refractivity contribution in [2.45, 2.75) is 38.3 Å². The zero-order valence-electron chi connectivity index (χ0n) is 9.12. The second-order valence-electron chi connectivity index (χ2n) is 4.67. The van der Waals surface area contributed by atoms with Crippen LogP contribution in [0.5, 0.6) is 5.75 Å². The summed E-state index contributed by atoms with van der Waals surface area (Å²) in [5.41, 5.74) is 2.62. The van der Waals surface area contributed by atoms with Gasteiger partial charge in [-0.3, -0.25) is 0 Å². The van der Waals surface area contributed by atoms with Crippen molar-refractivity contribution in [2.75, 3.05) is 6.61 Å². The number of hydrogen-bond acceptors (Lipinski definition) is 2. The second kappa shape index (κ2) is 3.53. The van der Waals surface area contributed by atoms with Gasteiger partial charge in [-0.25, -0.2) is 0 Å². The van der Waals surface area contributed by atoms with Crippen LogP contribution in [0.15, 0.2) is 18.2 Å². The van der Waals surface area contributed by atoms with Crippen molar-refractivity contribution in [3.63, 3.8) is 0 Å². The lowest BCUT2D eigenvalue weighted by Crippen LogP contribution is -2.28. The Balaban J connectivity index is 1.87. The summed E-state index contributed by atoms with van der Waals surface area (Å²) in [5, 5.41) is 3.69. The highest BCUT2D eigenvalue weighted by Gasteiger charge is 2.28. The standard InChI is InChI=1S/C13H17NO/c1-9-2-5-11-12(14-10-3-4-10)6-7-15-13(11)8-9/h2,5,8,10,12,14H,3-4,6-7H2,1H3. The highest BCUT2D eigenvalue weighted by Crippen LogP contribution is 2.35. The molecular formula is C13H17NO. The first-order valence-corrected chi connectivity index (χ1v) is 5.82. The van der Waals surface area contributed by atoms with Gasteiger partial charge >= 0.3 is 0 Å². The maximum absolute atomic E-state index is 5.70. The van der Waals surface area contributed by atoms with Gasteiger partial charge in [0.25, 0.3) is 0 Å². The number of rotatable bonds is 2. The Kier molecular flexibility index (Phi) is 2.17. The second-order valence-corrected chi connectivity index (χ2v) is 4.67. The van der Waals surface area contributed by atoms with Crippen molar-refractivity contribution in [2.24, 2.45) is 0 Å². The molecule has 2 nitrogen and oxygen atoms in total. The maximum atomic E-state index is 5.70. The zero-order chi connectivity index (χ0) is 10.3. The molecule has 0 radical (unpaired) electrons. The third-order valence-electron chi connectivity index (χ3n) is 3.22. The highest BCUT2D eigenvalue weighted by atomic mass is 16.5. The molecule has 1 aromatic rings. The van der Waals surface area contributed by atoms with E-state index in [0.717, 1.165) is 24.8 Å². The zero-order valence-corrected chi connectivity index (χ0v) is 9.12. The number of ether oxygens (including phenoxy) is 1. The minimum Gasteiger partial charge on any atom is -0.493 e. The van der Waals surface area contributed by atoms with Crippen LogP contribution < -0.4 is 10.1 Å². The van der Waals surface area contributed by atoms with E-state index < -0.39 is 0 Å². The van der Waals surface area contributed by atoms with Crippen molar-refractivity contribution >= 4 is 0 Å². The molecule has 15 heavy (non-hydrogen) atoms.